The smallest absolute Gasteiger partial charge is 0.0368 e. The van der Waals surface area contributed by atoms with Crippen LogP contribution < -0.4 is 4.90 Å². The van der Waals surface area contributed by atoms with Crippen LogP contribution in [0.25, 0.3) is 0 Å². The SMILES string of the molecule is CCC(CC)N(CC(C)C)c1ccc(CBr)cc1. The molecule has 1 aromatic rings. The van der Waals surface area contributed by atoms with Crippen molar-refractivity contribution in [2.24, 2.45) is 5.92 Å². The molecule has 0 atom stereocenters. The second-order valence-corrected chi connectivity index (χ2v) is 5.88. The van der Waals surface area contributed by atoms with E-state index in [2.05, 4.69) is 72.8 Å². The maximum absolute atomic E-state index is 3.50. The maximum Gasteiger partial charge on any atom is 0.0368 e. The van der Waals surface area contributed by atoms with Crippen LogP contribution in [0, 0.1) is 5.92 Å². The Morgan fingerprint density at radius 2 is 1.61 bits per heavy atom. The number of nitrogens with zero attached hydrogens (tertiary/aromatic N) is 1. The Hall–Kier alpha value is -0.500. The van der Waals surface area contributed by atoms with Crippen molar-refractivity contribution in [1.29, 1.82) is 0 Å². The first-order valence-electron chi connectivity index (χ1n) is 7.03. The van der Waals surface area contributed by atoms with Gasteiger partial charge in [-0.3, -0.25) is 0 Å². The normalized spacial score (nSPS) is 11.3. The lowest BCUT2D eigenvalue weighted by Gasteiger charge is -2.34. The van der Waals surface area contributed by atoms with Crippen LogP contribution in [0.5, 0.6) is 0 Å². The van der Waals surface area contributed by atoms with Gasteiger partial charge in [-0.1, -0.05) is 55.8 Å². The third kappa shape index (κ3) is 4.31. The van der Waals surface area contributed by atoms with Gasteiger partial charge in [-0.05, 0) is 36.5 Å². The molecule has 0 unspecified atom stereocenters. The van der Waals surface area contributed by atoms with E-state index in [9.17, 15) is 0 Å². The summed E-state index contributed by atoms with van der Waals surface area (Å²) in [4.78, 5) is 2.57. The molecule has 2 heteroatoms. The molecule has 0 N–H and O–H groups in total. The molecule has 0 amide bonds. The minimum absolute atomic E-state index is 0.655. The van der Waals surface area contributed by atoms with E-state index in [4.69, 9.17) is 0 Å². The summed E-state index contributed by atoms with van der Waals surface area (Å²) >= 11 is 3.50. The molecule has 0 fully saturated rings. The van der Waals surface area contributed by atoms with Crippen LogP contribution >= 0.6 is 15.9 Å². The quantitative estimate of drug-likeness (QED) is 0.623. The summed E-state index contributed by atoms with van der Waals surface area (Å²) < 4.78 is 0. The molecular formula is C16H26BrN. The van der Waals surface area contributed by atoms with Crippen molar-refractivity contribution in [3.8, 4) is 0 Å². The van der Waals surface area contributed by atoms with Gasteiger partial charge < -0.3 is 4.90 Å². The monoisotopic (exact) mass is 311 g/mol. The molecule has 0 radical (unpaired) electrons. The second kappa shape index (κ2) is 7.83. The number of rotatable bonds is 7. The fourth-order valence-corrected chi connectivity index (χ4v) is 2.74. The topological polar surface area (TPSA) is 3.24 Å². The zero-order valence-corrected chi connectivity index (χ0v) is 13.7. The molecule has 0 aromatic heterocycles. The summed E-state index contributed by atoms with van der Waals surface area (Å²) in [6.07, 6.45) is 2.42. The zero-order valence-electron chi connectivity index (χ0n) is 12.1. The van der Waals surface area contributed by atoms with Crippen molar-refractivity contribution in [3.05, 3.63) is 29.8 Å². The molecule has 0 bridgehead atoms. The van der Waals surface area contributed by atoms with Crippen molar-refractivity contribution in [1.82, 2.24) is 0 Å². The first-order chi connectivity index (χ1) is 8.62. The van der Waals surface area contributed by atoms with Gasteiger partial charge in [0.05, 0.1) is 0 Å². The molecule has 0 heterocycles. The van der Waals surface area contributed by atoms with E-state index in [1.165, 1.54) is 24.1 Å². The Morgan fingerprint density at radius 1 is 1.06 bits per heavy atom. The van der Waals surface area contributed by atoms with Crippen molar-refractivity contribution >= 4 is 21.6 Å². The Labute approximate surface area is 121 Å². The Balaban J connectivity index is 2.92. The first-order valence-corrected chi connectivity index (χ1v) is 8.16. The largest absolute Gasteiger partial charge is 0.368 e. The average molecular weight is 312 g/mol. The van der Waals surface area contributed by atoms with Crippen LogP contribution in [-0.2, 0) is 5.33 Å². The number of anilines is 1. The standard InChI is InChI=1S/C16H26BrN/c1-5-15(6-2)18(12-13(3)4)16-9-7-14(11-17)8-10-16/h7-10,13,15H,5-6,11-12H2,1-4H3. The number of hydrogen-bond donors (Lipinski definition) is 0. The highest BCUT2D eigenvalue weighted by Gasteiger charge is 2.16. The predicted molar refractivity (Wildman–Crippen MR) is 85.6 cm³/mol. The highest BCUT2D eigenvalue weighted by atomic mass is 79.9. The molecule has 0 aliphatic heterocycles. The van der Waals surface area contributed by atoms with Crippen LogP contribution in [0.3, 0.4) is 0 Å². The fraction of sp³-hybridized carbons (Fsp3) is 0.625. The van der Waals surface area contributed by atoms with Gasteiger partial charge in [0.2, 0.25) is 0 Å². The predicted octanol–water partition coefficient (Wildman–Crippen LogP) is 5.23. The summed E-state index contributed by atoms with van der Waals surface area (Å²) in [7, 11) is 0. The first kappa shape index (κ1) is 15.6. The van der Waals surface area contributed by atoms with E-state index in [1.807, 2.05) is 0 Å². The molecular weight excluding hydrogens is 286 g/mol. The van der Waals surface area contributed by atoms with E-state index in [0.717, 1.165) is 11.9 Å². The summed E-state index contributed by atoms with van der Waals surface area (Å²) in [5, 5.41) is 0.933. The van der Waals surface area contributed by atoms with Crippen LogP contribution in [-0.4, -0.2) is 12.6 Å². The average Bonchev–Trinajstić information content (AvgIpc) is 2.38. The van der Waals surface area contributed by atoms with Gasteiger partial charge in [0.1, 0.15) is 0 Å². The van der Waals surface area contributed by atoms with Crippen LogP contribution in [0.1, 0.15) is 46.1 Å². The Bertz CT molecular complexity index is 327. The second-order valence-electron chi connectivity index (χ2n) is 5.32. The Kier molecular flexibility index (Phi) is 6.77. The third-order valence-corrected chi connectivity index (χ3v) is 4.01. The molecule has 0 saturated heterocycles. The summed E-state index contributed by atoms with van der Waals surface area (Å²) in [5.74, 6) is 0.696. The molecule has 102 valence electrons. The van der Waals surface area contributed by atoms with Crippen molar-refractivity contribution in [3.63, 3.8) is 0 Å². The number of halogens is 1. The van der Waals surface area contributed by atoms with E-state index < -0.39 is 0 Å². The molecule has 0 spiro atoms. The van der Waals surface area contributed by atoms with Gasteiger partial charge in [-0.25, -0.2) is 0 Å². The summed E-state index contributed by atoms with van der Waals surface area (Å²) in [6.45, 7) is 10.3. The van der Waals surface area contributed by atoms with Gasteiger partial charge in [-0.2, -0.15) is 0 Å². The van der Waals surface area contributed by atoms with Crippen LogP contribution in [0.4, 0.5) is 5.69 Å². The van der Waals surface area contributed by atoms with E-state index >= 15 is 0 Å². The molecule has 0 saturated carbocycles. The highest BCUT2D eigenvalue weighted by molar-refractivity contribution is 9.08. The minimum atomic E-state index is 0.655. The molecule has 1 nitrogen and oxygen atoms in total. The molecule has 1 aromatic carbocycles. The van der Waals surface area contributed by atoms with Gasteiger partial charge in [-0.15, -0.1) is 0 Å². The van der Waals surface area contributed by atoms with Crippen molar-refractivity contribution < 1.29 is 0 Å². The molecule has 0 aliphatic rings. The lowest BCUT2D eigenvalue weighted by Crippen LogP contribution is -2.37. The zero-order chi connectivity index (χ0) is 13.5. The third-order valence-electron chi connectivity index (χ3n) is 3.37. The summed E-state index contributed by atoms with van der Waals surface area (Å²) in [5.41, 5.74) is 2.70. The van der Waals surface area contributed by atoms with E-state index in [-0.39, 0.29) is 0 Å². The highest BCUT2D eigenvalue weighted by Crippen LogP contribution is 2.23. The fourth-order valence-electron chi connectivity index (χ4n) is 2.36. The van der Waals surface area contributed by atoms with Crippen molar-refractivity contribution in [2.45, 2.75) is 51.9 Å². The van der Waals surface area contributed by atoms with Crippen LogP contribution in [0.2, 0.25) is 0 Å². The molecule has 18 heavy (non-hydrogen) atoms. The molecule has 1 rings (SSSR count). The van der Waals surface area contributed by atoms with E-state index in [1.54, 1.807) is 0 Å². The van der Waals surface area contributed by atoms with Gasteiger partial charge in [0.25, 0.3) is 0 Å². The van der Waals surface area contributed by atoms with Gasteiger partial charge >= 0.3 is 0 Å². The van der Waals surface area contributed by atoms with Gasteiger partial charge in [0.15, 0.2) is 0 Å². The lowest BCUT2D eigenvalue weighted by atomic mass is 10.1. The minimum Gasteiger partial charge on any atom is -0.368 e. The number of hydrogen-bond acceptors (Lipinski definition) is 1. The Morgan fingerprint density at radius 3 is 2.00 bits per heavy atom. The molecule has 0 aliphatic carbocycles. The maximum atomic E-state index is 3.50. The van der Waals surface area contributed by atoms with Gasteiger partial charge in [0, 0.05) is 23.6 Å². The number of alkyl halides is 1. The number of benzene rings is 1. The summed E-state index contributed by atoms with van der Waals surface area (Å²) in [6, 6.07) is 9.62. The van der Waals surface area contributed by atoms with Crippen molar-refractivity contribution in [2.75, 3.05) is 11.4 Å². The van der Waals surface area contributed by atoms with E-state index in [0.29, 0.717) is 12.0 Å². The van der Waals surface area contributed by atoms with Crippen LogP contribution in [0.15, 0.2) is 24.3 Å². The lowest BCUT2D eigenvalue weighted by molar-refractivity contribution is 0.507.